The van der Waals surface area contributed by atoms with Gasteiger partial charge in [0.2, 0.25) is 15.9 Å². The van der Waals surface area contributed by atoms with Crippen LogP contribution in [0, 0.1) is 12.8 Å². The molecule has 0 radical (unpaired) electrons. The Morgan fingerprint density at radius 1 is 1.29 bits per heavy atom. The highest BCUT2D eigenvalue weighted by molar-refractivity contribution is 7.89. The Morgan fingerprint density at radius 3 is 2.54 bits per heavy atom. The fraction of sp³-hybridized carbons (Fsp3) is 0.500. The van der Waals surface area contributed by atoms with Crippen LogP contribution in [0.5, 0.6) is 0 Å². The fourth-order valence-corrected chi connectivity index (χ4v) is 4.43. The van der Waals surface area contributed by atoms with Crippen molar-refractivity contribution in [2.75, 3.05) is 13.6 Å². The molecule has 0 heterocycles. The molecule has 1 aliphatic rings. The van der Waals surface area contributed by atoms with E-state index in [0.29, 0.717) is 19.4 Å². The zero-order valence-electron chi connectivity index (χ0n) is 14.4. The summed E-state index contributed by atoms with van der Waals surface area (Å²) in [6.07, 6.45) is 4.94. The highest BCUT2D eigenvalue weighted by Crippen LogP contribution is 2.27. The minimum absolute atomic E-state index is 0.0220. The van der Waals surface area contributed by atoms with Crippen molar-refractivity contribution in [3.05, 3.63) is 42.5 Å². The van der Waals surface area contributed by atoms with Gasteiger partial charge in [-0.1, -0.05) is 36.6 Å². The predicted octanol–water partition coefficient (Wildman–Crippen LogP) is 2.48. The zero-order valence-corrected chi connectivity index (χ0v) is 15.2. The van der Waals surface area contributed by atoms with E-state index in [9.17, 15) is 13.2 Å². The van der Waals surface area contributed by atoms with E-state index in [4.69, 9.17) is 0 Å². The van der Waals surface area contributed by atoms with Crippen molar-refractivity contribution in [2.24, 2.45) is 5.92 Å². The van der Waals surface area contributed by atoms with Gasteiger partial charge in [-0.2, -0.15) is 0 Å². The predicted molar refractivity (Wildman–Crippen MR) is 95.1 cm³/mol. The highest BCUT2D eigenvalue weighted by atomic mass is 32.2. The van der Waals surface area contributed by atoms with Gasteiger partial charge >= 0.3 is 0 Å². The van der Waals surface area contributed by atoms with E-state index in [1.165, 1.54) is 0 Å². The largest absolute Gasteiger partial charge is 0.342 e. The second-order valence-corrected chi connectivity index (χ2v) is 8.15. The number of benzene rings is 1. The molecule has 1 aliphatic carbocycles. The second kappa shape index (κ2) is 7.94. The topological polar surface area (TPSA) is 66.5 Å². The van der Waals surface area contributed by atoms with Crippen LogP contribution in [0.25, 0.3) is 0 Å². The molecule has 6 heteroatoms. The van der Waals surface area contributed by atoms with E-state index >= 15 is 0 Å². The van der Waals surface area contributed by atoms with Gasteiger partial charge in [-0.15, -0.1) is 6.58 Å². The molecule has 132 valence electrons. The first-order chi connectivity index (χ1) is 11.3. The SMILES string of the molecule is C=CCN(C)C(=O)[C@@H]1CCCC[C@H]1NS(=O)(=O)c1ccc(C)cc1. The molecule has 1 saturated carbocycles. The molecule has 0 aliphatic heterocycles. The fourth-order valence-electron chi connectivity index (χ4n) is 3.12. The van der Waals surface area contributed by atoms with Crippen molar-refractivity contribution in [3.63, 3.8) is 0 Å². The maximum absolute atomic E-state index is 12.6. The van der Waals surface area contributed by atoms with Crippen molar-refractivity contribution in [1.29, 1.82) is 0 Å². The first-order valence-electron chi connectivity index (χ1n) is 8.30. The zero-order chi connectivity index (χ0) is 17.7. The lowest BCUT2D eigenvalue weighted by Gasteiger charge is -2.33. The summed E-state index contributed by atoms with van der Waals surface area (Å²) < 4.78 is 28.0. The normalized spacial score (nSPS) is 21.2. The summed E-state index contributed by atoms with van der Waals surface area (Å²) in [5, 5.41) is 0. The smallest absolute Gasteiger partial charge is 0.240 e. The van der Waals surface area contributed by atoms with Gasteiger partial charge in [0, 0.05) is 19.6 Å². The molecule has 0 aromatic heterocycles. The number of nitrogens with zero attached hydrogens (tertiary/aromatic N) is 1. The second-order valence-electron chi connectivity index (χ2n) is 6.44. The van der Waals surface area contributed by atoms with E-state index in [-0.39, 0.29) is 22.8 Å². The number of rotatable bonds is 6. The minimum Gasteiger partial charge on any atom is -0.342 e. The van der Waals surface area contributed by atoms with Gasteiger partial charge in [0.1, 0.15) is 0 Å². The Bertz CT molecular complexity index is 683. The summed E-state index contributed by atoms with van der Waals surface area (Å²) in [6, 6.07) is 6.39. The van der Waals surface area contributed by atoms with Gasteiger partial charge in [-0.05, 0) is 31.9 Å². The molecule has 0 bridgehead atoms. The number of amides is 1. The minimum atomic E-state index is -3.62. The molecule has 24 heavy (non-hydrogen) atoms. The third-order valence-corrected chi connectivity index (χ3v) is 6.01. The van der Waals surface area contributed by atoms with Crippen LogP contribution in [-0.4, -0.2) is 38.9 Å². The summed E-state index contributed by atoms with van der Waals surface area (Å²) in [5.74, 6) is -0.338. The number of hydrogen-bond acceptors (Lipinski definition) is 3. The molecule has 2 rings (SSSR count). The number of nitrogens with one attached hydrogen (secondary N) is 1. The average Bonchev–Trinajstić information content (AvgIpc) is 2.55. The van der Waals surface area contributed by atoms with Gasteiger partial charge in [-0.3, -0.25) is 4.79 Å². The van der Waals surface area contributed by atoms with Crippen molar-refractivity contribution in [2.45, 2.75) is 43.5 Å². The molecule has 0 spiro atoms. The number of carbonyl (C=O) groups excluding carboxylic acids is 1. The van der Waals surface area contributed by atoms with Crippen LogP contribution in [0.3, 0.4) is 0 Å². The van der Waals surface area contributed by atoms with E-state index in [2.05, 4.69) is 11.3 Å². The number of carbonyl (C=O) groups is 1. The standard InChI is InChI=1S/C18H26N2O3S/c1-4-13-20(3)18(21)16-7-5-6-8-17(16)19-24(22,23)15-11-9-14(2)10-12-15/h4,9-12,16-17,19H,1,5-8,13H2,2-3H3/t16-,17-/m1/s1. The van der Waals surface area contributed by atoms with Crippen molar-refractivity contribution in [3.8, 4) is 0 Å². The number of sulfonamides is 1. The molecular weight excluding hydrogens is 324 g/mol. The maximum Gasteiger partial charge on any atom is 0.240 e. The Labute approximate surface area is 144 Å². The maximum atomic E-state index is 12.6. The average molecular weight is 350 g/mol. The monoisotopic (exact) mass is 350 g/mol. The summed E-state index contributed by atoms with van der Waals surface area (Å²) in [4.78, 5) is 14.5. The Morgan fingerprint density at radius 2 is 1.92 bits per heavy atom. The molecule has 1 fully saturated rings. The Hall–Kier alpha value is -1.66. The molecule has 1 N–H and O–H groups in total. The molecule has 0 saturated heterocycles. The van der Waals surface area contributed by atoms with Gasteiger partial charge in [0.15, 0.2) is 0 Å². The van der Waals surface area contributed by atoms with Crippen molar-refractivity contribution >= 4 is 15.9 Å². The van der Waals surface area contributed by atoms with Gasteiger partial charge in [0.25, 0.3) is 0 Å². The summed E-state index contributed by atoms with van der Waals surface area (Å²) in [7, 11) is -1.90. The van der Waals surface area contributed by atoms with Crippen molar-refractivity contribution < 1.29 is 13.2 Å². The van der Waals surface area contributed by atoms with E-state index < -0.39 is 10.0 Å². The number of likely N-dealkylation sites (N-methyl/N-ethyl adjacent to an activating group) is 1. The van der Waals surface area contributed by atoms with Gasteiger partial charge in [-0.25, -0.2) is 13.1 Å². The number of hydrogen-bond donors (Lipinski definition) is 1. The molecule has 5 nitrogen and oxygen atoms in total. The third kappa shape index (κ3) is 4.45. The first-order valence-corrected chi connectivity index (χ1v) is 9.78. The quantitative estimate of drug-likeness (QED) is 0.802. The number of aryl methyl sites for hydroxylation is 1. The molecule has 1 aromatic rings. The Kier molecular flexibility index (Phi) is 6.18. The lowest BCUT2D eigenvalue weighted by atomic mass is 9.84. The van der Waals surface area contributed by atoms with Crippen LogP contribution in [-0.2, 0) is 14.8 Å². The van der Waals surface area contributed by atoms with Crippen LogP contribution in [0.2, 0.25) is 0 Å². The van der Waals surface area contributed by atoms with E-state index in [1.807, 2.05) is 6.92 Å². The van der Waals surface area contributed by atoms with E-state index in [1.54, 1.807) is 42.3 Å². The van der Waals surface area contributed by atoms with Crippen LogP contribution in [0.15, 0.2) is 41.8 Å². The highest BCUT2D eigenvalue weighted by Gasteiger charge is 2.35. The lowest BCUT2D eigenvalue weighted by Crippen LogP contribution is -2.48. The summed E-state index contributed by atoms with van der Waals surface area (Å²) in [6.45, 7) is 6.02. The van der Waals surface area contributed by atoms with Gasteiger partial charge < -0.3 is 4.90 Å². The molecule has 0 unspecified atom stereocenters. The molecule has 1 amide bonds. The van der Waals surface area contributed by atoms with Crippen LogP contribution in [0.1, 0.15) is 31.2 Å². The first kappa shape index (κ1) is 18.7. The van der Waals surface area contributed by atoms with Gasteiger partial charge in [0.05, 0.1) is 10.8 Å². The summed E-state index contributed by atoms with van der Waals surface area (Å²) >= 11 is 0. The lowest BCUT2D eigenvalue weighted by molar-refractivity contribution is -0.135. The molecule has 1 aromatic carbocycles. The van der Waals surface area contributed by atoms with Crippen LogP contribution >= 0.6 is 0 Å². The van der Waals surface area contributed by atoms with Crippen molar-refractivity contribution in [1.82, 2.24) is 9.62 Å². The summed E-state index contributed by atoms with van der Waals surface area (Å²) in [5.41, 5.74) is 1.01. The van der Waals surface area contributed by atoms with E-state index in [0.717, 1.165) is 18.4 Å². The third-order valence-electron chi connectivity index (χ3n) is 4.50. The van der Waals surface area contributed by atoms with Crippen LogP contribution < -0.4 is 4.72 Å². The molecular formula is C18H26N2O3S. The Balaban J connectivity index is 2.17. The van der Waals surface area contributed by atoms with Crippen LogP contribution in [0.4, 0.5) is 0 Å². The molecule has 2 atom stereocenters.